The number of halogens is 2. The Kier molecular flexibility index (Phi) is 3.74. The van der Waals surface area contributed by atoms with Crippen LogP contribution in [0.3, 0.4) is 0 Å². The largest absolute Gasteiger partial charge is 0.0843 e. The number of aryl methyl sites for hydroxylation is 1. The van der Waals surface area contributed by atoms with Crippen molar-refractivity contribution in [2.24, 2.45) is 23.7 Å². The molecular weight excluding hydrogens is 347 g/mol. The first-order chi connectivity index (χ1) is 12.1. The molecule has 0 N–H and O–H groups in total. The summed E-state index contributed by atoms with van der Waals surface area (Å²) >= 11 is 13.0. The van der Waals surface area contributed by atoms with Crippen LogP contribution in [0.15, 0.2) is 42.5 Å². The molecule has 0 amide bonds. The van der Waals surface area contributed by atoms with E-state index in [4.69, 9.17) is 23.2 Å². The van der Waals surface area contributed by atoms with E-state index in [0.717, 1.165) is 39.3 Å². The molecule has 0 nitrogen and oxygen atoms in total. The van der Waals surface area contributed by atoms with E-state index in [1.807, 2.05) is 6.07 Å². The average molecular weight is 371 g/mol. The quantitative estimate of drug-likeness (QED) is 0.531. The maximum atomic E-state index is 6.58. The molecule has 2 heteroatoms. The Morgan fingerprint density at radius 3 is 2.04 bits per heavy atom. The van der Waals surface area contributed by atoms with Crippen molar-refractivity contribution in [2.75, 3.05) is 0 Å². The highest BCUT2D eigenvalue weighted by atomic mass is 35.5. The van der Waals surface area contributed by atoms with Crippen LogP contribution >= 0.6 is 23.2 Å². The van der Waals surface area contributed by atoms with E-state index < -0.39 is 0 Å². The van der Waals surface area contributed by atoms with Crippen LogP contribution in [0.25, 0.3) is 0 Å². The van der Waals surface area contributed by atoms with Crippen LogP contribution in [-0.2, 0) is 5.41 Å². The molecule has 0 unspecified atom stereocenters. The Morgan fingerprint density at radius 2 is 1.44 bits per heavy atom. The summed E-state index contributed by atoms with van der Waals surface area (Å²) in [5.41, 5.74) is 4.08. The van der Waals surface area contributed by atoms with Gasteiger partial charge in [-0.1, -0.05) is 47.5 Å². The molecule has 4 saturated carbocycles. The van der Waals surface area contributed by atoms with Gasteiger partial charge in [0.25, 0.3) is 0 Å². The molecule has 0 radical (unpaired) electrons. The third-order valence-corrected chi connectivity index (χ3v) is 8.02. The Balaban J connectivity index is 1.75. The van der Waals surface area contributed by atoms with Gasteiger partial charge in [-0.3, -0.25) is 0 Å². The maximum absolute atomic E-state index is 6.58. The lowest BCUT2D eigenvalue weighted by atomic mass is 9.42. The van der Waals surface area contributed by atoms with Crippen molar-refractivity contribution in [1.29, 1.82) is 0 Å². The number of hydrogen-bond donors (Lipinski definition) is 0. The van der Waals surface area contributed by atoms with Gasteiger partial charge < -0.3 is 0 Å². The lowest BCUT2D eigenvalue weighted by Gasteiger charge is -2.62. The van der Waals surface area contributed by atoms with Gasteiger partial charge in [0.1, 0.15) is 0 Å². The van der Waals surface area contributed by atoms with Crippen LogP contribution in [0.2, 0.25) is 10.0 Å². The number of rotatable bonds is 2. The van der Waals surface area contributed by atoms with Crippen molar-refractivity contribution < 1.29 is 0 Å². The van der Waals surface area contributed by atoms with Gasteiger partial charge in [0.15, 0.2) is 0 Å². The molecule has 0 aliphatic heterocycles. The fourth-order valence-electron chi connectivity index (χ4n) is 6.63. The molecular formula is C23H24Cl2. The first-order valence-corrected chi connectivity index (χ1v) is 10.4. The molecule has 4 fully saturated rings. The number of benzene rings is 2. The second kappa shape index (κ2) is 5.76. The van der Waals surface area contributed by atoms with E-state index in [2.05, 4.69) is 43.3 Å². The Bertz CT molecular complexity index is 795. The van der Waals surface area contributed by atoms with Gasteiger partial charge in [0, 0.05) is 15.5 Å². The minimum Gasteiger partial charge on any atom is -0.0843 e. The predicted octanol–water partition coefficient (Wildman–Crippen LogP) is 7.04. The molecule has 25 heavy (non-hydrogen) atoms. The van der Waals surface area contributed by atoms with E-state index in [1.165, 1.54) is 43.2 Å². The Hall–Kier alpha value is -0.980. The topological polar surface area (TPSA) is 0 Å². The molecule has 6 rings (SSSR count). The first kappa shape index (κ1) is 16.2. The van der Waals surface area contributed by atoms with E-state index >= 15 is 0 Å². The van der Waals surface area contributed by atoms with Gasteiger partial charge in [0.2, 0.25) is 0 Å². The zero-order valence-corrected chi connectivity index (χ0v) is 16.2. The summed E-state index contributed by atoms with van der Waals surface area (Å²) in [6.45, 7) is 2.09. The summed E-state index contributed by atoms with van der Waals surface area (Å²) in [6.07, 6.45) is 6.93. The summed E-state index contributed by atoms with van der Waals surface area (Å²) < 4.78 is 0. The van der Waals surface area contributed by atoms with Crippen molar-refractivity contribution in [2.45, 2.75) is 44.4 Å². The van der Waals surface area contributed by atoms with Crippen molar-refractivity contribution in [3.8, 4) is 0 Å². The molecule has 0 spiro atoms. The summed E-state index contributed by atoms with van der Waals surface area (Å²) in [6, 6.07) is 15.4. The zero-order chi connectivity index (χ0) is 17.2. The lowest BCUT2D eigenvalue weighted by Crippen LogP contribution is -2.56. The van der Waals surface area contributed by atoms with Crippen molar-refractivity contribution in [3.05, 3.63) is 69.2 Å². The fourth-order valence-corrected chi connectivity index (χ4v) is 7.00. The predicted molar refractivity (Wildman–Crippen MR) is 105 cm³/mol. The van der Waals surface area contributed by atoms with E-state index in [0.29, 0.717) is 0 Å². The van der Waals surface area contributed by atoms with Gasteiger partial charge in [-0.25, -0.2) is 0 Å². The van der Waals surface area contributed by atoms with Crippen LogP contribution in [0, 0.1) is 30.6 Å². The third kappa shape index (κ3) is 2.33. The molecule has 130 valence electrons. The van der Waals surface area contributed by atoms with Crippen LogP contribution < -0.4 is 0 Å². The van der Waals surface area contributed by atoms with Crippen molar-refractivity contribution in [1.82, 2.24) is 0 Å². The van der Waals surface area contributed by atoms with E-state index in [9.17, 15) is 0 Å². The zero-order valence-electron chi connectivity index (χ0n) is 14.6. The third-order valence-electron chi connectivity index (χ3n) is 7.38. The highest BCUT2D eigenvalue weighted by Crippen LogP contribution is 2.65. The van der Waals surface area contributed by atoms with Crippen LogP contribution in [0.5, 0.6) is 0 Å². The van der Waals surface area contributed by atoms with Gasteiger partial charge in [-0.15, -0.1) is 0 Å². The minimum absolute atomic E-state index is 0.0929. The molecule has 0 atom stereocenters. The summed E-state index contributed by atoms with van der Waals surface area (Å²) in [5, 5.41) is 1.75. The van der Waals surface area contributed by atoms with Gasteiger partial charge >= 0.3 is 0 Å². The highest BCUT2D eigenvalue weighted by molar-refractivity contribution is 6.31. The fraction of sp³-hybridized carbons (Fsp3) is 0.478. The lowest BCUT2D eigenvalue weighted by molar-refractivity contribution is -0.0418. The van der Waals surface area contributed by atoms with E-state index in [1.54, 1.807) is 0 Å². The molecule has 0 heterocycles. The molecule has 0 aromatic heterocycles. The van der Waals surface area contributed by atoms with Crippen molar-refractivity contribution >= 4 is 23.2 Å². The molecule has 4 bridgehead atoms. The minimum atomic E-state index is 0.0929. The van der Waals surface area contributed by atoms with E-state index in [-0.39, 0.29) is 5.41 Å². The van der Waals surface area contributed by atoms with Gasteiger partial charge in [0.05, 0.1) is 0 Å². The Morgan fingerprint density at radius 1 is 0.800 bits per heavy atom. The van der Waals surface area contributed by atoms with Gasteiger partial charge in [-0.2, -0.15) is 0 Å². The SMILES string of the molecule is Cc1ccc(C2(c3cccc(Cl)c3)C3CC4CC(C3)CC2C4)cc1Cl. The summed E-state index contributed by atoms with van der Waals surface area (Å²) in [4.78, 5) is 0. The molecule has 2 aromatic rings. The number of hydrogen-bond acceptors (Lipinski definition) is 0. The van der Waals surface area contributed by atoms with Crippen LogP contribution in [-0.4, -0.2) is 0 Å². The van der Waals surface area contributed by atoms with Crippen molar-refractivity contribution in [3.63, 3.8) is 0 Å². The molecule has 0 saturated heterocycles. The normalized spacial score (nSPS) is 36.0. The summed E-state index contributed by atoms with van der Waals surface area (Å²) in [7, 11) is 0. The van der Waals surface area contributed by atoms with Crippen LogP contribution in [0.4, 0.5) is 0 Å². The smallest absolute Gasteiger partial charge is 0.0438 e. The molecule has 2 aromatic carbocycles. The standard InChI is InChI=1S/C23H24Cl2/c1-14-5-6-18(13-22(14)25)23(17-3-2-4-21(24)12-17)19-8-15-7-16(10-19)11-20(23)9-15/h2-6,12-13,15-16,19-20H,7-11H2,1H3. The highest BCUT2D eigenvalue weighted by Gasteiger charge is 2.58. The monoisotopic (exact) mass is 370 g/mol. The van der Waals surface area contributed by atoms with Crippen LogP contribution in [0.1, 0.15) is 48.8 Å². The Labute approximate surface area is 160 Å². The first-order valence-electron chi connectivity index (χ1n) is 9.60. The maximum Gasteiger partial charge on any atom is 0.0438 e. The second-order valence-electron chi connectivity index (χ2n) is 8.65. The molecule has 4 aliphatic carbocycles. The second-order valence-corrected chi connectivity index (χ2v) is 9.49. The summed E-state index contributed by atoms with van der Waals surface area (Å²) in [5.74, 6) is 3.33. The van der Waals surface area contributed by atoms with Gasteiger partial charge in [-0.05, 0) is 97.6 Å². The molecule has 4 aliphatic rings. The average Bonchev–Trinajstić information content (AvgIpc) is 2.57.